The van der Waals surface area contributed by atoms with Crippen LogP contribution in [0.25, 0.3) is 10.6 Å². The zero-order chi connectivity index (χ0) is 16.2. The SMILES string of the molecule is CC(=O)c1ccccc1OCc1csc(-c2ccc(F)cc2)n1. The van der Waals surface area contributed by atoms with Gasteiger partial charge in [-0.15, -0.1) is 11.3 Å². The van der Waals surface area contributed by atoms with Crippen LogP contribution < -0.4 is 4.74 Å². The Morgan fingerprint density at radius 1 is 1.17 bits per heavy atom. The molecule has 0 N–H and O–H groups in total. The van der Waals surface area contributed by atoms with Crippen LogP contribution in [0.1, 0.15) is 23.0 Å². The molecule has 0 aliphatic heterocycles. The smallest absolute Gasteiger partial charge is 0.163 e. The quantitative estimate of drug-likeness (QED) is 0.636. The van der Waals surface area contributed by atoms with E-state index in [0.29, 0.717) is 11.3 Å². The van der Waals surface area contributed by atoms with Crippen molar-refractivity contribution < 1.29 is 13.9 Å². The molecule has 23 heavy (non-hydrogen) atoms. The van der Waals surface area contributed by atoms with E-state index in [1.165, 1.54) is 30.4 Å². The number of ketones is 1. The highest BCUT2D eigenvalue weighted by molar-refractivity contribution is 7.13. The van der Waals surface area contributed by atoms with Gasteiger partial charge in [-0.3, -0.25) is 4.79 Å². The maximum atomic E-state index is 13.0. The summed E-state index contributed by atoms with van der Waals surface area (Å²) in [7, 11) is 0. The molecule has 3 aromatic rings. The first kappa shape index (κ1) is 15.4. The molecule has 116 valence electrons. The van der Waals surface area contributed by atoms with E-state index >= 15 is 0 Å². The molecule has 5 heteroatoms. The molecular formula is C18H14FNO2S. The van der Waals surface area contributed by atoms with Gasteiger partial charge in [0, 0.05) is 10.9 Å². The van der Waals surface area contributed by atoms with Gasteiger partial charge >= 0.3 is 0 Å². The number of carbonyl (C=O) groups excluding carboxylic acids is 1. The highest BCUT2D eigenvalue weighted by Crippen LogP contribution is 2.25. The second-order valence-corrected chi connectivity index (χ2v) is 5.85. The largest absolute Gasteiger partial charge is 0.487 e. The van der Waals surface area contributed by atoms with E-state index in [2.05, 4.69) is 4.98 Å². The highest BCUT2D eigenvalue weighted by Gasteiger charge is 2.09. The average Bonchev–Trinajstić information content (AvgIpc) is 3.03. The summed E-state index contributed by atoms with van der Waals surface area (Å²) in [6, 6.07) is 13.4. The average molecular weight is 327 g/mol. The molecule has 0 amide bonds. The van der Waals surface area contributed by atoms with Crippen LogP contribution in [0.15, 0.2) is 53.9 Å². The summed E-state index contributed by atoms with van der Waals surface area (Å²) in [4.78, 5) is 16.1. The third-order valence-electron chi connectivity index (χ3n) is 3.28. The molecule has 0 saturated carbocycles. The van der Waals surface area contributed by atoms with Crippen LogP contribution in [0, 0.1) is 5.82 Å². The summed E-state index contributed by atoms with van der Waals surface area (Å²) in [6.45, 7) is 1.79. The highest BCUT2D eigenvalue weighted by atomic mass is 32.1. The van der Waals surface area contributed by atoms with Crippen LogP contribution in [0.3, 0.4) is 0 Å². The fraction of sp³-hybridized carbons (Fsp3) is 0.111. The molecule has 1 heterocycles. The Morgan fingerprint density at radius 3 is 2.65 bits per heavy atom. The summed E-state index contributed by atoms with van der Waals surface area (Å²) in [5, 5.41) is 2.71. The topological polar surface area (TPSA) is 39.2 Å². The third kappa shape index (κ3) is 3.63. The van der Waals surface area contributed by atoms with Gasteiger partial charge in [-0.25, -0.2) is 9.37 Å². The molecule has 3 rings (SSSR count). The van der Waals surface area contributed by atoms with Crippen molar-refractivity contribution in [3.05, 3.63) is 71.0 Å². The molecule has 0 spiro atoms. The van der Waals surface area contributed by atoms with Crippen molar-refractivity contribution in [2.75, 3.05) is 0 Å². The molecule has 0 aliphatic rings. The molecule has 0 bridgehead atoms. The number of carbonyl (C=O) groups is 1. The lowest BCUT2D eigenvalue weighted by Gasteiger charge is -2.07. The Morgan fingerprint density at radius 2 is 1.91 bits per heavy atom. The zero-order valence-corrected chi connectivity index (χ0v) is 13.3. The van der Waals surface area contributed by atoms with Gasteiger partial charge in [-0.05, 0) is 43.3 Å². The van der Waals surface area contributed by atoms with E-state index in [-0.39, 0.29) is 18.2 Å². The van der Waals surface area contributed by atoms with Crippen molar-refractivity contribution >= 4 is 17.1 Å². The monoisotopic (exact) mass is 327 g/mol. The predicted octanol–water partition coefficient (Wildman–Crippen LogP) is 4.73. The van der Waals surface area contributed by atoms with Crippen LogP contribution >= 0.6 is 11.3 Å². The molecule has 1 aromatic heterocycles. The lowest BCUT2D eigenvalue weighted by molar-refractivity contribution is 0.101. The van der Waals surface area contributed by atoms with Gasteiger partial charge in [0.2, 0.25) is 0 Å². The molecule has 0 atom stereocenters. The number of hydrogen-bond donors (Lipinski definition) is 0. The number of Topliss-reactive ketones (excluding diaryl/α,β-unsaturated/α-hetero) is 1. The molecule has 0 radical (unpaired) electrons. The minimum absolute atomic E-state index is 0.0362. The van der Waals surface area contributed by atoms with E-state index in [4.69, 9.17) is 4.74 Å². The van der Waals surface area contributed by atoms with E-state index < -0.39 is 0 Å². The Labute approximate surface area is 137 Å². The van der Waals surface area contributed by atoms with Crippen molar-refractivity contribution in [3.63, 3.8) is 0 Å². The van der Waals surface area contributed by atoms with E-state index in [0.717, 1.165) is 16.3 Å². The van der Waals surface area contributed by atoms with Crippen molar-refractivity contribution in [1.29, 1.82) is 0 Å². The molecule has 0 unspecified atom stereocenters. The normalized spacial score (nSPS) is 10.5. The first-order valence-corrected chi connectivity index (χ1v) is 7.94. The number of nitrogens with zero attached hydrogens (tertiary/aromatic N) is 1. The van der Waals surface area contributed by atoms with Crippen LogP contribution in [0.4, 0.5) is 4.39 Å². The maximum Gasteiger partial charge on any atom is 0.163 e. The van der Waals surface area contributed by atoms with E-state index in [1.54, 1.807) is 30.3 Å². The Bertz CT molecular complexity index is 827. The maximum absolute atomic E-state index is 13.0. The van der Waals surface area contributed by atoms with Crippen molar-refractivity contribution in [1.82, 2.24) is 4.98 Å². The molecule has 2 aromatic carbocycles. The number of para-hydroxylation sites is 1. The predicted molar refractivity (Wildman–Crippen MR) is 88.3 cm³/mol. The Kier molecular flexibility index (Phi) is 4.48. The van der Waals surface area contributed by atoms with Gasteiger partial charge in [0.15, 0.2) is 5.78 Å². The second-order valence-electron chi connectivity index (χ2n) is 4.99. The first-order valence-electron chi connectivity index (χ1n) is 7.06. The number of ether oxygens (including phenoxy) is 1. The van der Waals surface area contributed by atoms with E-state index in [1.807, 2.05) is 11.4 Å². The van der Waals surface area contributed by atoms with Gasteiger partial charge < -0.3 is 4.74 Å². The molecule has 0 saturated heterocycles. The van der Waals surface area contributed by atoms with Crippen LogP contribution in [-0.4, -0.2) is 10.8 Å². The lowest BCUT2D eigenvalue weighted by atomic mass is 10.1. The third-order valence-corrected chi connectivity index (χ3v) is 4.23. The van der Waals surface area contributed by atoms with Gasteiger partial charge in [-0.1, -0.05) is 12.1 Å². The number of hydrogen-bond acceptors (Lipinski definition) is 4. The summed E-state index contributed by atoms with van der Waals surface area (Å²) < 4.78 is 18.7. The minimum atomic E-state index is -0.269. The van der Waals surface area contributed by atoms with Crippen LogP contribution in [0.2, 0.25) is 0 Å². The van der Waals surface area contributed by atoms with E-state index in [9.17, 15) is 9.18 Å². The van der Waals surface area contributed by atoms with Gasteiger partial charge in [0.25, 0.3) is 0 Å². The van der Waals surface area contributed by atoms with Gasteiger partial charge in [-0.2, -0.15) is 0 Å². The van der Waals surface area contributed by atoms with Gasteiger partial charge in [0.05, 0.1) is 11.3 Å². The molecule has 0 fully saturated rings. The summed E-state index contributed by atoms with van der Waals surface area (Å²) in [6.07, 6.45) is 0. The number of halogens is 1. The van der Waals surface area contributed by atoms with Crippen LogP contribution in [-0.2, 0) is 6.61 Å². The molecule has 0 aliphatic carbocycles. The first-order chi connectivity index (χ1) is 11.1. The summed E-state index contributed by atoms with van der Waals surface area (Å²) in [5.41, 5.74) is 2.20. The van der Waals surface area contributed by atoms with Gasteiger partial charge in [0.1, 0.15) is 23.2 Å². The molecular weight excluding hydrogens is 313 g/mol. The fourth-order valence-corrected chi connectivity index (χ4v) is 2.94. The standard InChI is InChI=1S/C18H14FNO2S/c1-12(21)16-4-2-3-5-17(16)22-10-15-11-23-18(20-15)13-6-8-14(19)9-7-13/h2-9,11H,10H2,1H3. The summed E-state index contributed by atoms with van der Waals surface area (Å²) in [5.74, 6) is 0.247. The number of rotatable bonds is 5. The van der Waals surface area contributed by atoms with Crippen molar-refractivity contribution in [2.45, 2.75) is 13.5 Å². The van der Waals surface area contributed by atoms with Crippen molar-refractivity contribution in [3.8, 4) is 16.3 Å². The molecule has 3 nitrogen and oxygen atoms in total. The minimum Gasteiger partial charge on any atom is -0.487 e. The zero-order valence-electron chi connectivity index (χ0n) is 12.5. The second kappa shape index (κ2) is 6.71. The lowest BCUT2D eigenvalue weighted by Crippen LogP contribution is -2.01. The number of benzene rings is 2. The fourth-order valence-electron chi connectivity index (χ4n) is 2.13. The summed E-state index contributed by atoms with van der Waals surface area (Å²) >= 11 is 1.47. The Hall–Kier alpha value is -2.53. The number of thiazole rings is 1. The van der Waals surface area contributed by atoms with Crippen molar-refractivity contribution in [2.24, 2.45) is 0 Å². The Balaban J connectivity index is 1.73. The number of aromatic nitrogens is 1. The van der Waals surface area contributed by atoms with Crippen LogP contribution in [0.5, 0.6) is 5.75 Å².